The van der Waals surface area contributed by atoms with Gasteiger partial charge in [0.05, 0.1) is 16.3 Å². The van der Waals surface area contributed by atoms with Gasteiger partial charge in [-0.2, -0.15) is 0 Å². The molecule has 0 heterocycles. The van der Waals surface area contributed by atoms with Crippen LogP contribution in [0.25, 0.3) is 0 Å². The molecule has 23 heavy (non-hydrogen) atoms. The van der Waals surface area contributed by atoms with Crippen molar-refractivity contribution in [2.75, 3.05) is 23.7 Å². The zero-order valence-corrected chi connectivity index (χ0v) is 14.5. The monoisotopic (exact) mass is 336 g/mol. The SMILES string of the molecule is CC(C)c1ccc(S(=O)(=O)Nc2cc(F)ccc2N(C)C)cc1. The smallest absolute Gasteiger partial charge is 0.261 e. The van der Waals surface area contributed by atoms with E-state index in [1.54, 1.807) is 43.3 Å². The van der Waals surface area contributed by atoms with Crippen molar-refractivity contribution in [2.45, 2.75) is 24.7 Å². The molecule has 6 heteroatoms. The van der Waals surface area contributed by atoms with Crippen molar-refractivity contribution in [1.82, 2.24) is 0 Å². The van der Waals surface area contributed by atoms with Gasteiger partial charge in [0.15, 0.2) is 0 Å². The summed E-state index contributed by atoms with van der Waals surface area (Å²) < 4.78 is 41.0. The minimum absolute atomic E-state index is 0.149. The number of hydrogen-bond donors (Lipinski definition) is 1. The Labute approximate surface area is 137 Å². The lowest BCUT2D eigenvalue weighted by molar-refractivity contribution is 0.601. The van der Waals surface area contributed by atoms with Crippen molar-refractivity contribution in [3.8, 4) is 0 Å². The van der Waals surface area contributed by atoms with Crippen LogP contribution in [0.5, 0.6) is 0 Å². The predicted octanol–water partition coefficient (Wildman–Crippen LogP) is 3.82. The van der Waals surface area contributed by atoms with Gasteiger partial charge in [0, 0.05) is 20.2 Å². The number of sulfonamides is 1. The average molecular weight is 336 g/mol. The Hall–Kier alpha value is -2.08. The standard InChI is InChI=1S/C17H21FN2O2S/c1-12(2)13-5-8-15(9-6-13)23(21,22)19-16-11-14(18)7-10-17(16)20(3)4/h5-12,19H,1-4H3. The number of nitrogens with zero attached hydrogens (tertiary/aromatic N) is 1. The molecule has 0 aliphatic rings. The number of anilines is 2. The molecule has 0 saturated heterocycles. The molecule has 0 radical (unpaired) electrons. The highest BCUT2D eigenvalue weighted by molar-refractivity contribution is 7.92. The van der Waals surface area contributed by atoms with Crippen LogP contribution in [-0.4, -0.2) is 22.5 Å². The average Bonchev–Trinajstić information content (AvgIpc) is 2.46. The highest BCUT2D eigenvalue weighted by Gasteiger charge is 2.17. The van der Waals surface area contributed by atoms with Crippen LogP contribution in [0, 0.1) is 5.82 Å². The lowest BCUT2D eigenvalue weighted by Gasteiger charge is -2.18. The third-order valence-corrected chi connectivity index (χ3v) is 4.92. The topological polar surface area (TPSA) is 49.4 Å². The van der Waals surface area contributed by atoms with E-state index in [4.69, 9.17) is 0 Å². The Morgan fingerprint density at radius 1 is 1.04 bits per heavy atom. The summed E-state index contributed by atoms with van der Waals surface area (Å²) in [6.07, 6.45) is 0. The van der Waals surface area contributed by atoms with Gasteiger partial charge in [-0.1, -0.05) is 26.0 Å². The van der Waals surface area contributed by atoms with E-state index in [1.807, 2.05) is 13.8 Å². The van der Waals surface area contributed by atoms with Gasteiger partial charge in [0.2, 0.25) is 0 Å². The molecule has 0 amide bonds. The molecule has 2 rings (SSSR count). The zero-order chi connectivity index (χ0) is 17.2. The molecule has 0 spiro atoms. The van der Waals surface area contributed by atoms with Crippen LogP contribution in [0.3, 0.4) is 0 Å². The van der Waals surface area contributed by atoms with Gasteiger partial charge in [-0.15, -0.1) is 0 Å². The van der Waals surface area contributed by atoms with Gasteiger partial charge in [-0.05, 0) is 35.7 Å². The Bertz CT molecular complexity index is 785. The molecular formula is C17H21FN2O2S. The van der Waals surface area contributed by atoms with Crippen LogP contribution in [-0.2, 0) is 10.0 Å². The first-order chi connectivity index (χ1) is 10.7. The molecule has 0 saturated carbocycles. The van der Waals surface area contributed by atoms with Gasteiger partial charge >= 0.3 is 0 Å². The van der Waals surface area contributed by atoms with Crippen molar-refractivity contribution in [2.24, 2.45) is 0 Å². The van der Waals surface area contributed by atoms with Crippen LogP contribution < -0.4 is 9.62 Å². The molecule has 0 aromatic heterocycles. The van der Waals surface area contributed by atoms with Gasteiger partial charge < -0.3 is 4.90 Å². The van der Waals surface area contributed by atoms with Gasteiger partial charge in [-0.3, -0.25) is 4.72 Å². The van der Waals surface area contributed by atoms with Crippen molar-refractivity contribution in [1.29, 1.82) is 0 Å². The lowest BCUT2D eigenvalue weighted by atomic mass is 10.0. The molecular weight excluding hydrogens is 315 g/mol. The van der Waals surface area contributed by atoms with E-state index in [2.05, 4.69) is 4.72 Å². The van der Waals surface area contributed by atoms with Crippen molar-refractivity contribution >= 4 is 21.4 Å². The summed E-state index contributed by atoms with van der Waals surface area (Å²) >= 11 is 0. The van der Waals surface area contributed by atoms with E-state index in [0.29, 0.717) is 11.6 Å². The molecule has 124 valence electrons. The van der Waals surface area contributed by atoms with Crippen LogP contribution in [0.2, 0.25) is 0 Å². The first kappa shape index (κ1) is 17.3. The Morgan fingerprint density at radius 2 is 1.65 bits per heavy atom. The van der Waals surface area contributed by atoms with Crippen molar-refractivity contribution < 1.29 is 12.8 Å². The molecule has 0 fully saturated rings. The summed E-state index contributed by atoms with van der Waals surface area (Å²) in [4.78, 5) is 1.87. The summed E-state index contributed by atoms with van der Waals surface area (Å²) in [6, 6.07) is 10.7. The summed E-state index contributed by atoms with van der Waals surface area (Å²) in [6.45, 7) is 4.08. The first-order valence-corrected chi connectivity index (χ1v) is 8.78. The highest BCUT2D eigenvalue weighted by atomic mass is 32.2. The second-order valence-electron chi connectivity index (χ2n) is 5.89. The molecule has 1 N–H and O–H groups in total. The van der Waals surface area contributed by atoms with Gasteiger partial charge in [-0.25, -0.2) is 12.8 Å². The molecule has 0 aliphatic carbocycles. The maximum absolute atomic E-state index is 13.5. The normalized spacial score (nSPS) is 11.6. The van der Waals surface area contributed by atoms with Crippen molar-refractivity contribution in [3.05, 3.63) is 53.8 Å². The quantitative estimate of drug-likeness (QED) is 0.903. The Kier molecular flexibility index (Phi) is 4.94. The number of halogens is 1. The summed E-state index contributed by atoms with van der Waals surface area (Å²) in [5.41, 5.74) is 1.86. The summed E-state index contributed by atoms with van der Waals surface area (Å²) in [5, 5.41) is 0. The fourth-order valence-electron chi connectivity index (χ4n) is 2.22. The van der Waals surface area contributed by atoms with E-state index in [9.17, 15) is 12.8 Å². The molecule has 0 aliphatic heterocycles. The van der Waals surface area contributed by atoms with E-state index in [1.165, 1.54) is 18.2 Å². The third kappa shape index (κ3) is 4.01. The number of hydrogen-bond acceptors (Lipinski definition) is 3. The molecule has 2 aromatic rings. The summed E-state index contributed by atoms with van der Waals surface area (Å²) in [5.74, 6) is -0.174. The number of benzene rings is 2. The number of nitrogens with one attached hydrogen (secondary N) is 1. The highest BCUT2D eigenvalue weighted by Crippen LogP contribution is 2.28. The van der Waals surface area contributed by atoms with E-state index >= 15 is 0 Å². The Morgan fingerprint density at radius 3 is 2.17 bits per heavy atom. The van der Waals surface area contributed by atoms with Crippen LogP contribution in [0.1, 0.15) is 25.3 Å². The fraction of sp³-hybridized carbons (Fsp3) is 0.294. The largest absolute Gasteiger partial charge is 0.376 e. The van der Waals surface area contributed by atoms with E-state index in [-0.39, 0.29) is 10.6 Å². The zero-order valence-electron chi connectivity index (χ0n) is 13.7. The second-order valence-corrected chi connectivity index (χ2v) is 7.57. The maximum Gasteiger partial charge on any atom is 0.261 e. The van der Waals surface area contributed by atoms with Gasteiger partial charge in [0.25, 0.3) is 10.0 Å². The maximum atomic E-state index is 13.5. The fourth-order valence-corrected chi connectivity index (χ4v) is 3.28. The molecule has 0 unspecified atom stereocenters. The van der Waals surface area contributed by atoms with Gasteiger partial charge in [0.1, 0.15) is 5.82 Å². The minimum atomic E-state index is -3.77. The number of rotatable bonds is 5. The third-order valence-electron chi connectivity index (χ3n) is 3.54. The summed E-state index contributed by atoms with van der Waals surface area (Å²) in [7, 11) is -0.239. The van der Waals surface area contributed by atoms with Crippen LogP contribution in [0.4, 0.5) is 15.8 Å². The molecule has 0 bridgehead atoms. The predicted molar refractivity (Wildman–Crippen MR) is 92.1 cm³/mol. The lowest BCUT2D eigenvalue weighted by Crippen LogP contribution is -2.17. The second kappa shape index (κ2) is 6.58. The minimum Gasteiger partial charge on any atom is -0.376 e. The van der Waals surface area contributed by atoms with E-state index < -0.39 is 15.8 Å². The van der Waals surface area contributed by atoms with E-state index in [0.717, 1.165) is 5.56 Å². The van der Waals surface area contributed by atoms with Crippen LogP contribution >= 0.6 is 0 Å². The van der Waals surface area contributed by atoms with Crippen molar-refractivity contribution in [3.63, 3.8) is 0 Å². The molecule has 4 nitrogen and oxygen atoms in total. The molecule has 0 atom stereocenters. The Balaban J connectivity index is 2.36. The molecule has 2 aromatic carbocycles. The van der Waals surface area contributed by atoms with Crippen LogP contribution in [0.15, 0.2) is 47.4 Å². The first-order valence-electron chi connectivity index (χ1n) is 7.30.